The quantitative estimate of drug-likeness (QED) is 0.886. The number of rotatable bonds is 2. The molecule has 1 atom stereocenters. The number of carboxylic acids is 1. The number of aryl methyl sites for hydroxylation is 2. The maximum absolute atomic E-state index is 11.2. The molecule has 0 aliphatic carbocycles. The van der Waals surface area contributed by atoms with E-state index in [-0.39, 0.29) is 12.1 Å². The Kier molecular flexibility index (Phi) is 3.33. The average molecular weight is 261 g/mol. The lowest BCUT2D eigenvalue weighted by atomic mass is 9.79. The van der Waals surface area contributed by atoms with E-state index >= 15 is 0 Å². The van der Waals surface area contributed by atoms with E-state index in [0.29, 0.717) is 5.92 Å². The van der Waals surface area contributed by atoms with Gasteiger partial charge in [-0.25, -0.2) is 0 Å². The van der Waals surface area contributed by atoms with Crippen molar-refractivity contribution in [2.24, 2.45) is 0 Å². The molecule has 0 amide bonds. The highest BCUT2D eigenvalue weighted by Gasteiger charge is 2.37. The largest absolute Gasteiger partial charge is 0.480 e. The third-order valence-corrected chi connectivity index (χ3v) is 4.29. The summed E-state index contributed by atoms with van der Waals surface area (Å²) in [6.07, 6.45) is 0.982. The normalized spacial score (nSPS) is 21.1. The van der Waals surface area contributed by atoms with Crippen molar-refractivity contribution in [1.29, 1.82) is 0 Å². The zero-order valence-corrected chi connectivity index (χ0v) is 12.4. The van der Waals surface area contributed by atoms with Gasteiger partial charge in [0, 0.05) is 11.2 Å². The maximum Gasteiger partial charge on any atom is 0.323 e. The van der Waals surface area contributed by atoms with E-state index in [0.717, 1.165) is 12.1 Å². The lowest BCUT2D eigenvalue weighted by Gasteiger charge is -2.47. The second-order valence-corrected chi connectivity index (χ2v) is 6.39. The summed E-state index contributed by atoms with van der Waals surface area (Å²) in [7, 11) is 0. The molecule has 1 aliphatic rings. The van der Waals surface area contributed by atoms with E-state index in [9.17, 15) is 9.90 Å². The van der Waals surface area contributed by atoms with Crippen molar-refractivity contribution in [3.8, 4) is 0 Å². The number of nitrogens with zero attached hydrogens (tertiary/aromatic N) is 1. The Balaban J connectivity index is 2.57. The molecule has 0 unspecified atom stereocenters. The molecule has 1 heterocycles. The van der Waals surface area contributed by atoms with Crippen LogP contribution in [-0.2, 0) is 4.79 Å². The van der Waals surface area contributed by atoms with Crippen LogP contribution in [-0.4, -0.2) is 23.2 Å². The number of anilines is 1. The number of aliphatic carboxylic acids is 1. The number of hydrogen-bond acceptors (Lipinski definition) is 2. The van der Waals surface area contributed by atoms with Crippen molar-refractivity contribution in [2.75, 3.05) is 11.4 Å². The third-order valence-electron chi connectivity index (χ3n) is 4.29. The summed E-state index contributed by atoms with van der Waals surface area (Å²) in [5.41, 5.74) is 4.75. The van der Waals surface area contributed by atoms with Crippen molar-refractivity contribution in [2.45, 2.75) is 52.5 Å². The molecule has 0 saturated heterocycles. The molecule has 1 aliphatic heterocycles. The molecule has 0 saturated carbocycles. The highest BCUT2D eigenvalue weighted by atomic mass is 16.4. The second kappa shape index (κ2) is 4.55. The Morgan fingerprint density at radius 3 is 2.53 bits per heavy atom. The first-order valence-corrected chi connectivity index (χ1v) is 6.83. The van der Waals surface area contributed by atoms with Gasteiger partial charge in [-0.05, 0) is 62.8 Å². The van der Waals surface area contributed by atoms with Crippen LogP contribution in [0.15, 0.2) is 12.1 Å². The molecule has 0 fully saturated rings. The Morgan fingerprint density at radius 2 is 1.95 bits per heavy atom. The summed E-state index contributed by atoms with van der Waals surface area (Å²) in [4.78, 5) is 13.2. The van der Waals surface area contributed by atoms with E-state index in [1.54, 1.807) is 0 Å². The highest BCUT2D eigenvalue weighted by Crippen LogP contribution is 2.44. The van der Waals surface area contributed by atoms with E-state index in [2.05, 4.69) is 46.8 Å². The van der Waals surface area contributed by atoms with Gasteiger partial charge in [-0.1, -0.05) is 13.0 Å². The molecule has 0 radical (unpaired) electrons. The summed E-state index contributed by atoms with van der Waals surface area (Å²) < 4.78 is 0. The molecule has 0 aromatic heterocycles. The van der Waals surface area contributed by atoms with Gasteiger partial charge in [-0.3, -0.25) is 4.79 Å². The third kappa shape index (κ3) is 2.46. The topological polar surface area (TPSA) is 40.5 Å². The Labute approximate surface area is 115 Å². The summed E-state index contributed by atoms with van der Waals surface area (Å²) in [5.74, 6) is -0.304. The predicted molar refractivity (Wildman–Crippen MR) is 78.0 cm³/mol. The van der Waals surface area contributed by atoms with Crippen molar-refractivity contribution in [3.05, 3.63) is 28.8 Å². The molecular formula is C16H23NO2. The number of carboxylic acid groups (broad SMARTS) is 1. The van der Waals surface area contributed by atoms with Crippen LogP contribution in [0, 0.1) is 13.8 Å². The Morgan fingerprint density at radius 1 is 1.37 bits per heavy atom. The average Bonchev–Trinajstić information content (AvgIpc) is 2.26. The standard InChI is InChI=1S/C16H23NO2/c1-10-6-13-12(3)8-16(4,5)17(9-15(18)19)14(13)7-11(10)2/h6-7,12H,8-9H2,1-5H3,(H,18,19)/t12-/m0/s1. The van der Waals surface area contributed by atoms with Gasteiger partial charge in [0.2, 0.25) is 0 Å². The van der Waals surface area contributed by atoms with Gasteiger partial charge < -0.3 is 10.0 Å². The van der Waals surface area contributed by atoms with Gasteiger partial charge in [-0.2, -0.15) is 0 Å². The molecule has 2 rings (SSSR count). The first-order valence-electron chi connectivity index (χ1n) is 6.83. The predicted octanol–water partition coefficient (Wildman–Crippen LogP) is 3.48. The summed E-state index contributed by atoms with van der Waals surface area (Å²) in [5, 5.41) is 9.17. The number of hydrogen-bond donors (Lipinski definition) is 1. The van der Waals surface area contributed by atoms with Crippen molar-refractivity contribution in [3.63, 3.8) is 0 Å². The fourth-order valence-electron chi connectivity index (χ4n) is 3.18. The Hall–Kier alpha value is -1.51. The van der Waals surface area contributed by atoms with Crippen LogP contribution in [0.2, 0.25) is 0 Å². The van der Waals surface area contributed by atoms with Gasteiger partial charge in [-0.15, -0.1) is 0 Å². The zero-order chi connectivity index (χ0) is 14.4. The monoisotopic (exact) mass is 261 g/mol. The van der Waals surface area contributed by atoms with Gasteiger partial charge in [0.05, 0.1) is 0 Å². The van der Waals surface area contributed by atoms with Crippen LogP contribution in [0.5, 0.6) is 0 Å². The van der Waals surface area contributed by atoms with Crippen LogP contribution in [0.3, 0.4) is 0 Å². The van der Waals surface area contributed by atoms with Crippen molar-refractivity contribution < 1.29 is 9.90 Å². The molecule has 1 aromatic rings. The number of carbonyl (C=O) groups is 1. The molecular weight excluding hydrogens is 238 g/mol. The van der Waals surface area contributed by atoms with Gasteiger partial charge in [0.15, 0.2) is 0 Å². The highest BCUT2D eigenvalue weighted by molar-refractivity contribution is 5.76. The number of benzene rings is 1. The zero-order valence-electron chi connectivity index (χ0n) is 12.4. The molecule has 3 nitrogen and oxygen atoms in total. The van der Waals surface area contributed by atoms with E-state index in [1.165, 1.54) is 16.7 Å². The lowest BCUT2D eigenvalue weighted by Crippen LogP contribution is -2.50. The molecule has 19 heavy (non-hydrogen) atoms. The van der Waals surface area contributed by atoms with Crippen molar-refractivity contribution in [1.82, 2.24) is 0 Å². The van der Waals surface area contributed by atoms with E-state index < -0.39 is 5.97 Å². The fourth-order valence-corrected chi connectivity index (χ4v) is 3.18. The minimum atomic E-state index is -0.771. The first kappa shape index (κ1) is 13.9. The van der Waals surface area contributed by atoms with Gasteiger partial charge in [0.25, 0.3) is 0 Å². The van der Waals surface area contributed by atoms with Crippen LogP contribution >= 0.6 is 0 Å². The molecule has 0 spiro atoms. The summed E-state index contributed by atoms with van der Waals surface area (Å²) in [6, 6.07) is 4.37. The molecule has 1 aromatic carbocycles. The maximum atomic E-state index is 11.2. The van der Waals surface area contributed by atoms with E-state index in [1.807, 2.05) is 4.90 Å². The van der Waals surface area contributed by atoms with Crippen LogP contribution < -0.4 is 4.90 Å². The number of fused-ring (bicyclic) bond motifs is 1. The first-order chi connectivity index (χ1) is 8.72. The van der Waals surface area contributed by atoms with Crippen LogP contribution in [0.25, 0.3) is 0 Å². The summed E-state index contributed by atoms with van der Waals surface area (Å²) in [6.45, 7) is 10.8. The van der Waals surface area contributed by atoms with Gasteiger partial charge >= 0.3 is 5.97 Å². The molecule has 0 bridgehead atoms. The SMILES string of the molecule is Cc1cc2c(cc1C)N(CC(=O)O)C(C)(C)C[C@@H]2C. The smallest absolute Gasteiger partial charge is 0.323 e. The fraction of sp³-hybridized carbons (Fsp3) is 0.562. The second-order valence-electron chi connectivity index (χ2n) is 6.39. The van der Waals surface area contributed by atoms with Crippen molar-refractivity contribution >= 4 is 11.7 Å². The summed E-state index contributed by atoms with van der Waals surface area (Å²) >= 11 is 0. The minimum Gasteiger partial charge on any atom is -0.480 e. The van der Waals surface area contributed by atoms with Crippen LogP contribution in [0.4, 0.5) is 5.69 Å². The van der Waals surface area contributed by atoms with Crippen LogP contribution in [0.1, 0.15) is 49.8 Å². The molecule has 3 heteroatoms. The molecule has 104 valence electrons. The van der Waals surface area contributed by atoms with Gasteiger partial charge in [0.1, 0.15) is 6.54 Å². The molecule has 1 N–H and O–H groups in total. The lowest BCUT2D eigenvalue weighted by molar-refractivity contribution is -0.135. The minimum absolute atomic E-state index is 0.0647. The van der Waals surface area contributed by atoms with E-state index in [4.69, 9.17) is 0 Å². The Bertz CT molecular complexity index is 520.